The second-order valence-electron chi connectivity index (χ2n) is 23.2. The van der Waals surface area contributed by atoms with Gasteiger partial charge in [0.2, 0.25) is 5.91 Å². The fraction of sp³-hybridized carbons (Fsp3) is 0.922. The minimum absolute atomic E-state index is 0.217. The molecule has 12 atom stereocenters. The van der Waals surface area contributed by atoms with E-state index in [-0.39, 0.29) is 18.9 Å². The molecule has 0 radical (unpaired) electrons. The number of carbonyl (C=O) groups excluding carboxylic acids is 1. The molecule has 0 bridgehead atoms. The Hall–Kier alpha value is -1.53. The van der Waals surface area contributed by atoms with Gasteiger partial charge >= 0.3 is 0 Å². The zero-order chi connectivity index (χ0) is 56.7. The molecule has 9 N–H and O–H groups in total. The van der Waals surface area contributed by atoms with E-state index in [0.29, 0.717) is 12.8 Å². The van der Waals surface area contributed by atoms with Gasteiger partial charge in [-0.1, -0.05) is 256 Å². The summed E-state index contributed by atoms with van der Waals surface area (Å²) < 4.78 is 22.9. The molecule has 0 spiro atoms. The highest BCUT2D eigenvalue weighted by molar-refractivity contribution is 5.76. The van der Waals surface area contributed by atoms with E-state index in [1.165, 1.54) is 180 Å². The molecule has 0 aromatic heterocycles. The largest absolute Gasteiger partial charge is 0.394 e. The fourth-order valence-electron chi connectivity index (χ4n) is 10.9. The zero-order valence-corrected chi connectivity index (χ0v) is 49.7. The molecular weight excluding hydrogens is 991 g/mol. The van der Waals surface area contributed by atoms with Crippen LogP contribution in [0.3, 0.4) is 0 Å². The van der Waals surface area contributed by atoms with Crippen LogP contribution in [-0.4, -0.2) is 140 Å². The Morgan fingerprint density at radius 1 is 0.462 bits per heavy atom. The van der Waals surface area contributed by atoms with Gasteiger partial charge in [0, 0.05) is 6.42 Å². The molecule has 2 fully saturated rings. The molecule has 0 aliphatic carbocycles. The first-order valence-electron chi connectivity index (χ1n) is 32.6. The van der Waals surface area contributed by atoms with Crippen molar-refractivity contribution in [1.82, 2.24) is 5.32 Å². The highest BCUT2D eigenvalue weighted by Gasteiger charge is 2.51. The van der Waals surface area contributed by atoms with Crippen LogP contribution in [0.5, 0.6) is 0 Å². The standard InChI is InChI=1S/C64H121NO13/c1-3-5-7-9-11-13-15-17-19-21-22-23-24-25-26-27-28-29-30-31-32-33-35-37-39-41-43-45-47-53(68)52(65-56(69)48-46-44-42-40-38-36-34-20-18-16-14-12-10-8-6-4-2)51-75-63-61(74)59(72)62(55(50-67)77-63)78-64-60(73)58(71)57(70)54(49-66)76-64/h14,16,20,34,52-55,57-64,66-68,70-74H,3-13,15,17-19,21-33,35-51H2,1-2H3,(H,65,69)/b16-14-,34-20-. The fourth-order valence-corrected chi connectivity index (χ4v) is 10.9. The highest BCUT2D eigenvalue weighted by Crippen LogP contribution is 2.30. The summed E-state index contributed by atoms with van der Waals surface area (Å²) in [4.78, 5) is 13.3. The normalized spacial score (nSPS) is 24.6. The number of aliphatic hydroxyl groups excluding tert-OH is 8. The summed E-state index contributed by atoms with van der Waals surface area (Å²) in [6.07, 6.45) is 43.3. The number of amides is 1. The predicted molar refractivity (Wildman–Crippen MR) is 314 cm³/mol. The Kier molecular flexibility index (Phi) is 46.5. The first-order valence-corrected chi connectivity index (χ1v) is 32.6. The number of allylic oxidation sites excluding steroid dienone is 4. The Morgan fingerprint density at radius 3 is 1.29 bits per heavy atom. The van der Waals surface area contributed by atoms with E-state index in [1.807, 2.05) is 0 Å². The second kappa shape index (κ2) is 50.0. The van der Waals surface area contributed by atoms with Crippen LogP contribution in [0.1, 0.15) is 284 Å². The van der Waals surface area contributed by atoms with E-state index < -0.39 is 86.8 Å². The van der Waals surface area contributed by atoms with Crippen LogP contribution in [0, 0.1) is 0 Å². The molecule has 460 valence electrons. The van der Waals surface area contributed by atoms with Crippen molar-refractivity contribution in [2.45, 2.75) is 357 Å². The van der Waals surface area contributed by atoms with Gasteiger partial charge in [-0.05, 0) is 44.9 Å². The van der Waals surface area contributed by atoms with Crippen LogP contribution >= 0.6 is 0 Å². The SMILES string of the molecule is CCCCCC/C=C\C/C=C\CCCCCCCC(=O)NC(COC1OC(CO)C(OC2OC(CO)C(O)C(O)C2O)C(O)C1O)C(O)CCCCCCCCCCCCCCCCCCCCCCCCCCCCCC. The molecule has 2 heterocycles. The van der Waals surface area contributed by atoms with Crippen LogP contribution in [0.25, 0.3) is 0 Å². The van der Waals surface area contributed by atoms with Crippen LogP contribution in [-0.2, 0) is 23.7 Å². The lowest BCUT2D eigenvalue weighted by molar-refractivity contribution is -0.359. The van der Waals surface area contributed by atoms with Gasteiger partial charge in [0.1, 0.15) is 48.8 Å². The predicted octanol–water partition coefficient (Wildman–Crippen LogP) is 12.0. The van der Waals surface area contributed by atoms with Crippen molar-refractivity contribution >= 4 is 5.91 Å². The van der Waals surface area contributed by atoms with Crippen LogP contribution in [0.4, 0.5) is 0 Å². The van der Waals surface area contributed by atoms with Gasteiger partial charge in [-0.2, -0.15) is 0 Å². The summed E-state index contributed by atoms with van der Waals surface area (Å²) in [5.41, 5.74) is 0. The van der Waals surface area contributed by atoms with E-state index in [9.17, 15) is 45.6 Å². The van der Waals surface area contributed by atoms with Crippen molar-refractivity contribution in [1.29, 1.82) is 0 Å². The highest BCUT2D eigenvalue weighted by atomic mass is 16.7. The summed E-state index contributed by atoms with van der Waals surface area (Å²) in [6, 6.07) is -0.835. The summed E-state index contributed by atoms with van der Waals surface area (Å²) in [5.74, 6) is -0.217. The molecule has 12 unspecified atom stereocenters. The smallest absolute Gasteiger partial charge is 0.220 e. The van der Waals surface area contributed by atoms with E-state index in [1.54, 1.807) is 0 Å². The van der Waals surface area contributed by atoms with Crippen molar-refractivity contribution in [2.24, 2.45) is 0 Å². The van der Waals surface area contributed by atoms with Gasteiger partial charge in [0.05, 0.1) is 32.0 Å². The molecular formula is C64H121NO13. The number of rotatable bonds is 53. The molecule has 14 nitrogen and oxygen atoms in total. The van der Waals surface area contributed by atoms with Gasteiger partial charge in [-0.25, -0.2) is 0 Å². The third-order valence-corrected chi connectivity index (χ3v) is 16.2. The lowest BCUT2D eigenvalue weighted by atomic mass is 9.97. The molecule has 0 saturated carbocycles. The van der Waals surface area contributed by atoms with E-state index in [2.05, 4.69) is 43.5 Å². The molecule has 0 aromatic rings. The average Bonchev–Trinajstić information content (AvgIpc) is 3.48. The number of nitrogens with one attached hydrogen (secondary N) is 1. The van der Waals surface area contributed by atoms with E-state index >= 15 is 0 Å². The average molecular weight is 1110 g/mol. The maximum Gasteiger partial charge on any atom is 0.220 e. The maximum atomic E-state index is 13.3. The summed E-state index contributed by atoms with van der Waals surface area (Å²) in [7, 11) is 0. The number of unbranched alkanes of at least 4 members (excludes halogenated alkanes) is 36. The minimum atomic E-state index is -1.78. The van der Waals surface area contributed by atoms with Crippen LogP contribution in [0.2, 0.25) is 0 Å². The quantitative estimate of drug-likeness (QED) is 0.0204. The number of hydrogen-bond donors (Lipinski definition) is 9. The van der Waals surface area contributed by atoms with Crippen LogP contribution < -0.4 is 5.32 Å². The molecule has 2 saturated heterocycles. The summed E-state index contributed by atoms with van der Waals surface area (Å²) >= 11 is 0. The first kappa shape index (κ1) is 72.6. The van der Waals surface area contributed by atoms with Crippen molar-refractivity contribution in [2.75, 3.05) is 19.8 Å². The van der Waals surface area contributed by atoms with Gasteiger partial charge in [0.15, 0.2) is 12.6 Å². The third kappa shape index (κ3) is 34.8. The Bertz CT molecular complexity index is 1400. The van der Waals surface area contributed by atoms with Gasteiger partial charge in [-0.15, -0.1) is 0 Å². The van der Waals surface area contributed by atoms with Gasteiger partial charge in [0.25, 0.3) is 0 Å². The molecule has 14 heteroatoms. The molecule has 2 aliphatic heterocycles. The summed E-state index contributed by atoms with van der Waals surface area (Å²) in [6.45, 7) is 2.87. The zero-order valence-electron chi connectivity index (χ0n) is 49.7. The molecule has 0 aromatic carbocycles. The Balaban J connectivity index is 1.68. The van der Waals surface area contributed by atoms with E-state index in [0.717, 1.165) is 70.6 Å². The number of hydrogen-bond acceptors (Lipinski definition) is 13. The maximum absolute atomic E-state index is 13.3. The second-order valence-corrected chi connectivity index (χ2v) is 23.2. The van der Waals surface area contributed by atoms with Crippen molar-refractivity contribution in [3.63, 3.8) is 0 Å². The topological polar surface area (TPSA) is 228 Å². The monoisotopic (exact) mass is 1110 g/mol. The van der Waals surface area contributed by atoms with E-state index in [4.69, 9.17) is 18.9 Å². The van der Waals surface area contributed by atoms with Gasteiger partial charge < -0.3 is 65.1 Å². The Labute approximate surface area is 475 Å². The number of ether oxygens (including phenoxy) is 4. The first-order chi connectivity index (χ1) is 38.1. The number of aliphatic hydroxyl groups is 8. The Morgan fingerprint density at radius 2 is 0.846 bits per heavy atom. The van der Waals surface area contributed by atoms with Gasteiger partial charge in [-0.3, -0.25) is 4.79 Å². The van der Waals surface area contributed by atoms with Crippen molar-refractivity contribution in [3.8, 4) is 0 Å². The lowest BCUT2D eigenvalue weighted by Gasteiger charge is -2.46. The molecule has 1 amide bonds. The molecule has 2 rings (SSSR count). The minimum Gasteiger partial charge on any atom is -0.394 e. The van der Waals surface area contributed by atoms with Crippen molar-refractivity contribution < 1.29 is 64.6 Å². The molecule has 78 heavy (non-hydrogen) atoms. The summed E-state index contributed by atoms with van der Waals surface area (Å²) in [5, 5.41) is 87.4. The molecule has 2 aliphatic rings. The third-order valence-electron chi connectivity index (χ3n) is 16.2. The van der Waals surface area contributed by atoms with Crippen molar-refractivity contribution in [3.05, 3.63) is 24.3 Å². The van der Waals surface area contributed by atoms with Crippen LogP contribution in [0.15, 0.2) is 24.3 Å². The number of carbonyl (C=O) groups is 1. The lowest BCUT2D eigenvalue weighted by Crippen LogP contribution is -2.65.